The van der Waals surface area contributed by atoms with Gasteiger partial charge >= 0.3 is 0 Å². The first kappa shape index (κ1) is 18.0. The van der Waals surface area contributed by atoms with E-state index >= 15 is 0 Å². The maximum Gasteiger partial charge on any atom is 0.287 e. The molecule has 8 heteroatoms. The number of nitrogens with one attached hydrogen (secondary N) is 1. The summed E-state index contributed by atoms with van der Waals surface area (Å²) >= 11 is 0. The van der Waals surface area contributed by atoms with Crippen LogP contribution in [0.4, 0.5) is 0 Å². The minimum atomic E-state index is -0.266. The molecule has 0 spiro atoms. The zero-order chi connectivity index (χ0) is 17.9. The summed E-state index contributed by atoms with van der Waals surface area (Å²) in [6, 6.07) is 0. The molecule has 1 aliphatic carbocycles. The highest BCUT2D eigenvalue weighted by Crippen LogP contribution is 2.38. The lowest BCUT2D eigenvalue weighted by atomic mass is 9.75. The Morgan fingerprint density at radius 2 is 2.08 bits per heavy atom. The minimum absolute atomic E-state index is 0.0567. The molecule has 0 bridgehead atoms. The number of fused-ring (bicyclic) bond motifs is 1. The number of rotatable bonds is 5. The van der Waals surface area contributed by atoms with Crippen molar-refractivity contribution in [1.29, 1.82) is 0 Å². The number of guanidine groups is 1. The summed E-state index contributed by atoms with van der Waals surface area (Å²) in [6.45, 7) is 6.92. The summed E-state index contributed by atoms with van der Waals surface area (Å²) < 4.78 is 10.8. The average molecular weight is 335 g/mol. The van der Waals surface area contributed by atoms with Crippen molar-refractivity contribution in [2.45, 2.75) is 33.6 Å². The maximum atomic E-state index is 12.3. The fraction of sp³-hybridized carbons (Fsp3) is 0.562. The topological polar surface area (TPSA) is 128 Å². The highest BCUT2D eigenvalue weighted by atomic mass is 16.5. The SMILES string of the molecule is COCCNC(=O)c1oc2c(c1C)/C(=N\N=C(N)N)CC(C)(C)C2. The van der Waals surface area contributed by atoms with Gasteiger partial charge in [-0.05, 0) is 18.8 Å². The van der Waals surface area contributed by atoms with Crippen LogP contribution in [0.5, 0.6) is 0 Å². The first-order chi connectivity index (χ1) is 11.2. The number of ether oxygens (including phenoxy) is 1. The Morgan fingerprint density at radius 3 is 2.71 bits per heavy atom. The van der Waals surface area contributed by atoms with Crippen molar-refractivity contribution < 1.29 is 13.9 Å². The zero-order valence-electron chi connectivity index (χ0n) is 14.6. The number of nitrogens with zero attached hydrogens (tertiary/aromatic N) is 2. The van der Waals surface area contributed by atoms with Crippen LogP contribution in [0.15, 0.2) is 14.6 Å². The van der Waals surface area contributed by atoms with Gasteiger partial charge in [-0.15, -0.1) is 5.10 Å². The molecule has 1 heterocycles. The van der Waals surface area contributed by atoms with Crippen LogP contribution in [0.25, 0.3) is 0 Å². The molecule has 1 aliphatic rings. The van der Waals surface area contributed by atoms with Crippen LogP contribution in [0.3, 0.4) is 0 Å². The molecule has 8 nitrogen and oxygen atoms in total. The van der Waals surface area contributed by atoms with E-state index in [-0.39, 0.29) is 17.3 Å². The van der Waals surface area contributed by atoms with Gasteiger partial charge in [-0.3, -0.25) is 4.79 Å². The highest BCUT2D eigenvalue weighted by molar-refractivity contribution is 6.07. The van der Waals surface area contributed by atoms with Crippen LogP contribution >= 0.6 is 0 Å². The first-order valence-corrected chi connectivity index (χ1v) is 7.80. The van der Waals surface area contributed by atoms with Crippen molar-refractivity contribution in [2.24, 2.45) is 27.1 Å². The van der Waals surface area contributed by atoms with E-state index in [1.807, 2.05) is 6.92 Å². The lowest BCUT2D eigenvalue weighted by Crippen LogP contribution is -2.28. The molecule has 132 valence electrons. The fourth-order valence-electron chi connectivity index (χ4n) is 2.88. The summed E-state index contributed by atoms with van der Waals surface area (Å²) in [6.07, 6.45) is 1.41. The molecule has 0 saturated heterocycles. The second-order valence-corrected chi connectivity index (χ2v) is 6.69. The molecule has 0 fully saturated rings. The molecule has 1 aromatic rings. The lowest BCUT2D eigenvalue weighted by Gasteiger charge is -2.29. The normalized spacial score (nSPS) is 17.4. The Bertz CT molecular complexity index is 684. The Labute approximate surface area is 141 Å². The van der Waals surface area contributed by atoms with E-state index in [1.54, 1.807) is 7.11 Å². The Morgan fingerprint density at radius 1 is 1.38 bits per heavy atom. The molecule has 1 aromatic heterocycles. The molecule has 0 saturated carbocycles. The smallest absolute Gasteiger partial charge is 0.287 e. The van der Waals surface area contributed by atoms with E-state index in [4.69, 9.17) is 20.6 Å². The number of furan rings is 1. The molecule has 0 radical (unpaired) electrons. The summed E-state index contributed by atoms with van der Waals surface area (Å²) in [4.78, 5) is 12.3. The number of nitrogens with two attached hydrogens (primary N) is 2. The third-order valence-corrected chi connectivity index (χ3v) is 3.88. The molecule has 2 rings (SSSR count). The molecule has 0 atom stereocenters. The van der Waals surface area contributed by atoms with Crippen molar-refractivity contribution in [3.63, 3.8) is 0 Å². The molecular formula is C16H25N5O3. The number of hydrogen-bond donors (Lipinski definition) is 3. The average Bonchev–Trinajstić information content (AvgIpc) is 2.80. The Kier molecular flexibility index (Phi) is 5.28. The number of carbonyl (C=O) groups excluding carboxylic acids is 1. The van der Waals surface area contributed by atoms with Gasteiger partial charge in [0.05, 0.1) is 12.3 Å². The maximum absolute atomic E-state index is 12.3. The van der Waals surface area contributed by atoms with Gasteiger partial charge in [-0.1, -0.05) is 13.8 Å². The van der Waals surface area contributed by atoms with Gasteiger partial charge in [0.2, 0.25) is 5.96 Å². The minimum Gasteiger partial charge on any atom is -0.455 e. The van der Waals surface area contributed by atoms with E-state index < -0.39 is 0 Å². The number of carbonyl (C=O) groups is 1. The molecule has 24 heavy (non-hydrogen) atoms. The van der Waals surface area contributed by atoms with Crippen molar-refractivity contribution in [3.8, 4) is 0 Å². The first-order valence-electron chi connectivity index (χ1n) is 7.80. The number of methoxy groups -OCH3 is 1. The van der Waals surface area contributed by atoms with Crippen LogP contribution in [0.2, 0.25) is 0 Å². The van der Waals surface area contributed by atoms with Crippen LogP contribution < -0.4 is 16.8 Å². The predicted molar refractivity (Wildman–Crippen MR) is 92.1 cm³/mol. The zero-order valence-corrected chi connectivity index (χ0v) is 14.6. The summed E-state index contributed by atoms with van der Waals surface area (Å²) in [5, 5.41) is 10.7. The second-order valence-electron chi connectivity index (χ2n) is 6.69. The molecule has 1 amide bonds. The number of hydrogen-bond acceptors (Lipinski definition) is 5. The summed E-state index contributed by atoms with van der Waals surface area (Å²) in [5.41, 5.74) is 13.0. The Hall–Kier alpha value is -2.35. The summed E-state index contributed by atoms with van der Waals surface area (Å²) in [5.74, 6) is 0.667. The van der Waals surface area contributed by atoms with Crippen LogP contribution in [-0.4, -0.2) is 37.8 Å². The van der Waals surface area contributed by atoms with E-state index in [0.717, 1.165) is 29.0 Å². The number of amides is 1. The monoisotopic (exact) mass is 335 g/mol. The molecule has 5 N–H and O–H groups in total. The van der Waals surface area contributed by atoms with Crippen LogP contribution in [0.1, 0.15) is 47.7 Å². The van der Waals surface area contributed by atoms with Gasteiger partial charge in [-0.2, -0.15) is 5.10 Å². The third kappa shape index (κ3) is 3.94. The van der Waals surface area contributed by atoms with Gasteiger partial charge < -0.3 is 25.9 Å². The van der Waals surface area contributed by atoms with E-state index in [9.17, 15) is 4.79 Å². The Balaban J connectivity index is 2.40. The molecule has 0 unspecified atom stereocenters. The van der Waals surface area contributed by atoms with Gasteiger partial charge in [0.15, 0.2) is 5.76 Å². The quantitative estimate of drug-likeness (QED) is 0.319. The van der Waals surface area contributed by atoms with E-state index in [0.29, 0.717) is 25.3 Å². The van der Waals surface area contributed by atoms with Gasteiger partial charge in [-0.25, -0.2) is 0 Å². The van der Waals surface area contributed by atoms with Crippen LogP contribution in [0, 0.1) is 12.3 Å². The highest BCUT2D eigenvalue weighted by Gasteiger charge is 2.36. The largest absolute Gasteiger partial charge is 0.455 e. The predicted octanol–water partition coefficient (Wildman–Crippen LogP) is 0.914. The van der Waals surface area contributed by atoms with Gasteiger partial charge in [0.1, 0.15) is 5.76 Å². The molecule has 0 aromatic carbocycles. The van der Waals surface area contributed by atoms with Crippen LogP contribution in [-0.2, 0) is 11.2 Å². The van der Waals surface area contributed by atoms with Crippen molar-refractivity contribution >= 4 is 17.6 Å². The van der Waals surface area contributed by atoms with Gasteiger partial charge in [0, 0.05) is 31.2 Å². The van der Waals surface area contributed by atoms with Gasteiger partial charge in [0.25, 0.3) is 5.91 Å². The molecular weight excluding hydrogens is 310 g/mol. The van der Waals surface area contributed by atoms with E-state index in [1.165, 1.54) is 0 Å². The second kappa shape index (κ2) is 7.04. The molecule has 0 aliphatic heterocycles. The third-order valence-electron chi connectivity index (χ3n) is 3.88. The van der Waals surface area contributed by atoms with Crippen molar-refractivity contribution in [1.82, 2.24) is 5.32 Å². The fourth-order valence-corrected chi connectivity index (χ4v) is 2.88. The summed E-state index contributed by atoms with van der Waals surface area (Å²) in [7, 11) is 1.58. The standard InChI is InChI=1S/C16H25N5O3/c1-9-12-10(20-21-15(17)18)7-16(2,3)8-11(12)24-13(9)14(22)19-5-6-23-4/h5-8H2,1-4H3,(H,19,22)(H4,17,18,21)/b20-10-. The van der Waals surface area contributed by atoms with E-state index in [2.05, 4.69) is 29.4 Å². The lowest BCUT2D eigenvalue weighted by molar-refractivity contribution is 0.0905. The van der Waals surface area contributed by atoms with Crippen molar-refractivity contribution in [2.75, 3.05) is 20.3 Å². The van der Waals surface area contributed by atoms with Crippen molar-refractivity contribution in [3.05, 3.63) is 22.6 Å².